The second-order valence-electron chi connectivity index (χ2n) is 9.13. The number of nitrogens with zero attached hydrogens (tertiary/aromatic N) is 1. The molecule has 0 aliphatic carbocycles. The second kappa shape index (κ2) is 11.2. The summed E-state index contributed by atoms with van der Waals surface area (Å²) in [6.45, 7) is 4.50. The summed E-state index contributed by atoms with van der Waals surface area (Å²) in [5.74, 6) is -2.23. The molecular weight excluding hydrogens is 459 g/mol. The van der Waals surface area contributed by atoms with Gasteiger partial charge >= 0.3 is 5.97 Å². The number of benzene rings is 3. The van der Waals surface area contributed by atoms with Crippen molar-refractivity contribution in [1.82, 2.24) is 4.90 Å². The number of hydrogen-bond acceptors (Lipinski definition) is 4. The largest absolute Gasteiger partial charge is 0.447 e. The number of hydrogen-bond donors (Lipinski definition) is 1. The summed E-state index contributed by atoms with van der Waals surface area (Å²) < 4.78 is 19.0. The summed E-state index contributed by atoms with van der Waals surface area (Å²) in [7, 11) is 0. The first-order chi connectivity index (χ1) is 17.3. The number of carbonyl (C=O) groups is 3. The van der Waals surface area contributed by atoms with Crippen molar-refractivity contribution in [2.24, 2.45) is 5.92 Å². The number of halogens is 1. The molecule has 36 heavy (non-hydrogen) atoms. The summed E-state index contributed by atoms with van der Waals surface area (Å²) in [5.41, 5.74) is 3.47. The lowest BCUT2D eigenvalue weighted by molar-refractivity contribution is -0.160. The Balaban J connectivity index is 1.49. The molecule has 0 saturated carbocycles. The van der Waals surface area contributed by atoms with Gasteiger partial charge < -0.3 is 15.0 Å². The molecular formula is C29H29FN2O4. The number of carbonyl (C=O) groups excluding carboxylic acids is 3. The molecule has 0 spiro atoms. The topological polar surface area (TPSA) is 75.7 Å². The van der Waals surface area contributed by atoms with Gasteiger partial charge in [-0.1, -0.05) is 42.5 Å². The zero-order valence-corrected chi connectivity index (χ0v) is 20.4. The van der Waals surface area contributed by atoms with E-state index < -0.39 is 29.7 Å². The molecule has 4 rings (SSSR count). The lowest BCUT2D eigenvalue weighted by Crippen LogP contribution is -2.43. The highest BCUT2D eigenvalue weighted by atomic mass is 19.1. The van der Waals surface area contributed by atoms with Gasteiger partial charge in [-0.05, 0) is 68.1 Å². The number of ether oxygens (including phenoxy) is 1. The highest BCUT2D eigenvalue weighted by Crippen LogP contribution is 2.26. The highest BCUT2D eigenvalue weighted by molar-refractivity contribution is 5.97. The Kier molecular flexibility index (Phi) is 7.78. The van der Waals surface area contributed by atoms with E-state index in [0.717, 1.165) is 11.1 Å². The first kappa shape index (κ1) is 25.1. The smallest absolute Gasteiger partial charge is 0.311 e. The van der Waals surface area contributed by atoms with Gasteiger partial charge in [0.1, 0.15) is 5.82 Å². The van der Waals surface area contributed by atoms with Crippen molar-refractivity contribution in [2.75, 3.05) is 18.4 Å². The summed E-state index contributed by atoms with van der Waals surface area (Å²) in [4.78, 5) is 41.0. The average Bonchev–Trinajstić information content (AvgIpc) is 2.89. The van der Waals surface area contributed by atoms with Crippen LogP contribution in [-0.4, -0.2) is 35.8 Å². The first-order valence-corrected chi connectivity index (χ1v) is 12.0. The fraction of sp³-hybridized carbons (Fsp3) is 0.276. The van der Waals surface area contributed by atoms with Crippen LogP contribution >= 0.6 is 0 Å². The molecule has 3 aromatic carbocycles. The van der Waals surface area contributed by atoms with Crippen LogP contribution in [0.2, 0.25) is 0 Å². The minimum atomic E-state index is -1.14. The highest BCUT2D eigenvalue weighted by Gasteiger charge is 2.33. The van der Waals surface area contributed by atoms with Gasteiger partial charge in [-0.3, -0.25) is 14.4 Å². The molecule has 1 N–H and O–H groups in total. The van der Waals surface area contributed by atoms with Gasteiger partial charge in [-0.15, -0.1) is 0 Å². The molecule has 1 aliphatic heterocycles. The van der Waals surface area contributed by atoms with Crippen LogP contribution < -0.4 is 5.32 Å². The SMILES string of the molecule is Cc1ccc(C)c(NC(=O)C(OC(=O)C2CCCN(C(=O)c3ccc(F)cc3)C2)c2ccccc2)c1. The molecule has 2 amide bonds. The average molecular weight is 489 g/mol. The number of nitrogens with one attached hydrogen (secondary N) is 1. The Morgan fingerprint density at radius 1 is 1.00 bits per heavy atom. The molecule has 2 atom stereocenters. The van der Waals surface area contributed by atoms with E-state index in [0.29, 0.717) is 36.2 Å². The predicted octanol–water partition coefficient (Wildman–Crippen LogP) is 5.22. The van der Waals surface area contributed by atoms with E-state index in [2.05, 4.69) is 5.32 Å². The number of rotatable bonds is 6. The molecule has 2 unspecified atom stereocenters. The number of aryl methyl sites for hydroxylation is 2. The molecule has 0 radical (unpaired) electrons. The first-order valence-electron chi connectivity index (χ1n) is 12.0. The monoisotopic (exact) mass is 488 g/mol. The zero-order chi connectivity index (χ0) is 25.7. The zero-order valence-electron chi connectivity index (χ0n) is 20.4. The maximum atomic E-state index is 13.3. The fourth-order valence-corrected chi connectivity index (χ4v) is 4.31. The van der Waals surface area contributed by atoms with Gasteiger partial charge in [0.05, 0.1) is 5.92 Å². The van der Waals surface area contributed by atoms with Crippen LogP contribution in [0.15, 0.2) is 72.8 Å². The summed E-state index contributed by atoms with van der Waals surface area (Å²) in [6.07, 6.45) is 0.0329. The standard InChI is InChI=1S/C29H29FN2O4/c1-19-10-11-20(2)25(17-19)31-27(33)26(21-7-4-3-5-8-21)36-29(35)23-9-6-16-32(18-23)28(34)22-12-14-24(30)15-13-22/h3-5,7-8,10-15,17,23,26H,6,9,16,18H2,1-2H3,(H,31,33). The number of esters is 1. The van der Waals surface area contributed by atoms with Crippen LogP contribution in [0.3, 0.4) is 0 Å². The van der Waals surface area contributed by atoms with Gasteiger partial charge in [0.25, 0.3) is 11.8 Å². The number of anilines is 1. The van der Waals surface area contributed by atoms with Crippen LogP contribution in [0.5, 0.6) is 0 Å². The fourth-order valence-electron chi connectivity index (χ4n) is 4.31. The van der Waals surface area contributed by atoms with Crippen molar-refractivity contribution >= 4 is 23.5 Å². The Labute approximate surface area is 210 Å². The Morgan fingerprint density at radius 2 is 1.72 bits per heavy atom. The lowest BCUT2D eigenvalue weighted by atomic mass is 9.97. The van der Waals surface area contributed by atoms with E-state index in [4.69, 9.17) is 4.74 Å². The van der Waals surface area contributed by atoms with Crippen LogP contribution in [0.4, 0.5) is 10.1 Å². The minimum absolute atomic E-state index is 0.176. The van der Waals surface area contributed by atoms with Crippen molar-refractivity contribution in [3.63, 3.8) is 0 Å². The van der Waals surface area contributed by atoms with Crippen molar-refractivity contribution in [3.8, 4) is 0 Å². The third kappa shape index (κ3) is 5.97. The Morgan fingerprint density at radius 3 is 2.44 bits per heavy atom. The summed E-state index contributed by atoms with van der Waals surface area (Å²) in [5, 5.41) is 2.90. The van der Waals surface area contributed by atoms with Crippen molar-refractivity contribution < 1.29 is 23.5 Å². The van der Waals surface area contributed by atoms with Crippen molar-refractivity contribution in [3.05, 3.63) is 101 Å². The molecule has 1 heterocycles. The molecule has 6 nitrogen and oxygen atoms in total. The van der Waals surface area contributed by atoms with Crippen LogP contribution in [0.25, 0.3) is 0 Å². The summed E-state index contributed by atoms with van der Waals surface area (Å²) in [6, 6.07) is 20.0. The Bertz CT molecular complexity index is 1240. The molecule has 0 aromatic heterocycles. The van der Waals surface area contributed by atoms with E-state index in [9.17, 15) is 18.8 Å². The van der Waals surface area contributed by atoms with E-state index in [-0.39, 0.29) is 12.5 Å². The maximum Gasteiger partial charge on any atom is 0.311 e. The van der Waals surface area contributed by atoms with Crippen molar-refractivity contribution in [2.45, 2.75) is 32.8 Å². The van der Waals surface area contributed by atoms with Gasteiger partial charge in [0, 0.05) is 29.9 Å². The molecule has 7 heteroatoms. The van der Waals surface area contributed by atoms with E-state index in [1.807, 2.05) is 38.1 Å². The third-order valence-electron chi connectivity index (χ3n) is 6.36. The maximum absolute atomic E-state index is 13.3. The lowest BCUT2D eigenvalue weighted by Gasteiger charge is -2.32. The molecule has 1 fully saturated rings. The quantitative estimate of drug-likeness (QED) is 0.483. The van der Waals surface area contributed by atoms with Gasteiger partial charge in [0.2, 0.25) is 6.10 Å². The van der Waals surface area contributed by atoms with Crippen LogP contribution in [-0.2, 0) is 14.3 Å². The molecule has 0 bridgehead atoms. The normalized spacial score (nSPS) is 16.2. The molecule has 186 valence electrons. The minimum Gasteiger partial charge on any atom is -0.447 e. The van der Waals surface area contributed by atoms with E-state index >= 15 is 0 Å². The van der Waals surface area contributed by atoms with Gasteiger partial charge in [-0.2, -0.15) is 0 Å². The van der Waals surface area contributed by atoms with Crippen molar-refractivity contribution in [1.29, 1.82) is 0 Å². The van der Waals surface area contributed by atoms with Gasteiger partial charge in [0.15, 0.2) is 0 Å². The Hall–Kier alpha value is -4.00. The molecule has 1 aliphatic rings. The second-order valence-corrected chi connectivity index (χ2v) is 9.13. The van der Waals surface area contributed by atoms with Gasteiger partial charge in [-0.25, -0.2) is 4.39 Å². The van der Waals surface area contributed by atoms with E-state index in [1.54, 1.807) is 29.2 Å². The number of piperidine rings is 1. The predicted molar refractivity (Wildman–Crippen MR) is 135 cm³/mol. The van der Waals surface area contributed by atoms with Crippen LogP contribution in [0.1, 0.15) is 46.0 Å². The number of likely N-dealkylation sites (tertiary alicyclic amines) is 1. The summed E-state index contributed by atoms with van der Waals surface area (Å²) >= 11 is 0. The van der Waals surface area contributed by atoms with Crippen LogP contribution in [0, 0.1) is 25.6 Å². The molecule has 1 saturated heterocycles. The third-order valence-corrected chi connectivity index (χ3v) is 6.36. The van der Waals surface area contributed by atoms with E-state index in [1.165, 1.54) is 24.3 Å². The number of amides is 2. The molecule has 3 aromatic rings.